The maximum Gasteiger partial charge on any atom is 0.132 e. The predicted octanol–water partition coefficient (Wildman–Crippen LogP) is 3.27. The maximum atomic E-state index is 11.4. The lowest BCUT2D eigenvalue weighted by Crippen LogP contribution is -2.28. The normalized spacial score (nSPS) is 22.0. The third-order valence-electron chi connectivity index (χ3n) is 5.53. The number of aryl methyl sites for hydroxylation is 1. The predicted molar refractivity (Wildman–Crippen MR) is 88.1 cm³/mol. The molecule has 4 nitrogen and oxygen atoms in total. The van der Waals surface area contributed by atoms with Gasteiger partial charge in [0, 0.05) is 18.4 Å². The van der Waals surface area contributed by atoms with Gasteiger partial charge in [-0.2, -0.15) is 0 Å². The zero-order valence-corrected chi connectivity index (χ0v) is 13.4. The molecule has 2 unspecified atom stereocenters. The Balaban J connectivity index is 1.61. The summed E-state index contributed by atoms with van der Waals surface area (Å²) in [6, 6.07) is 6.51. The van der Waals surface area contributed by atoms with Crippen molar-refractivity contribution in [2.24, 2.45) is 5.92 Å². The molecule has 1 aromatic carbocycles. The number of aromatic nitrogens is 2. The van der Waals surface area contributed by atoms with Crippen molar-refractivity contribution >= 4 is 5.78 Å². The number of hydrogen-bond acceptors (Lipinski definition) is 3. The Labute approximate surface area is 136 Å². The van der Waals surface area contributed by atoms with E-state index < -0.39 is 0 Å². The first-order valence-electron chi connectivity index (χ1n) is 8.46. The standard InChI is InChI=1S/C19H22N2O2/c1-12-3-2-4-15-17-10-20-11-21(17)16(19(12)15)9-18(23)13-5-7-14(22)8-6-13/h2-4,10-11,13,16,18,23H,5-9H2,1H3. The number of rotatable bonds is 3. The summed E-state index contributed by atoms with van der Waals surface area (Å²) in [5.74, 6) is 0.583. The fourth-order valence-electron chi connectivity index (χ4n) is 4.25. The van der Waals surface area contributed by atoms with Crippen molar-refractivity contribution in [3.63, 3.8) is 0 Å². The van der Waals surface area contributed by atoms with Crippen molar-refractivity contribution in [3.8, 4) is 11.3 Å². The van der Waals surface area contributed by atoms with E-state index in [0.29, 0.717) is 25.0 Å². The third-order valence-corrected chi connectivity index (χ3v) is 5.53. The van der Waals surface area contributed by atoms with Crippen LogP contribution in [-0.4, -0.2) is 26.5 Å². The quantitative estimate of drug-likeness (QED) is 0.946. The number of aliphatic hydroxyl groups excluding tert-OH is 1. The zero-order chi connectivity index (χ0) is 16.0. The van der Waals surface area contributed by atoms with Crippen LogP contribution in [-0.2, 0) is 4.79 Å². The molecule has 2 atom stereocenters. The average Bonchev–Trinajstić information content (AvgIpc) is 3.12. The number of carbonyl (C=O) groups excluding carboxylic acids is 1. The number of aliphatic hydroxyl groups is 1. The fourth-order valence-corrected chi connectivity index (χ4v) is 4.25. The van der Waals surface area contributed by atoms with Crippen molar-refractivity contribution < 1.29 is 9.90 Å². The molecule has 1 fully saturated rings. The van der Waals surface area contributed by atoms with Crippen LogP contribution in [0.3, 0.4) is 0 Å². The molecule has 2 aromatic rings. The van der Waals surface area contributed by atoms with E-state index in [4.69, 9.17) is 0 Å². The van der Waals surface area contributed by atoms with Crippen molar-refractivity contribution in [1.29, 1.82) is 0 Å². The second-order valence-electron chi connectivity index (χ2n) is 6.92. The lowest BCUT2D eigenvalue weighted by Gasteiger charge is -2.29. The monoisotopic (exact) mass is 310 g/mol. The minimum absolute atomic E-state index is 0.149. The first kappa shape index (κ1) is 14.6. The molecule has 1 aromatic heterocycles. The van der Waals surface area contributed by atoms with Gasteiger partial charge in [0.05, 0.1) is 30.4 Å². The molecule has 0 radical (unpaired) electrons. The Morgan fingerprint density at radius 1 is 1.35 bits per heavy atom. The second-order valence-corrected chi connectivity index (χ2v) is 6.92. The van der Waals surface area contributed by atoms with Crippen LogP contribution in [0.5, 0.6) is 0 Å². The van der Waals surface area contributed by atoms with Crippen LogP contribution >= 0.6 is 0 Å². The summed E-state index contributed by atoms with van der Waals surface area (Å²) in [4.78, 5) is 15.7. The van der Waals surface area contributed by atoms with Crippen LogP contribution in [0.1, 0.15) is 49.3 Å². The van der Waals surface area contributed by atoms with Gasteiger partial charge in [0.2, 0.25) is 0 Å². The van der Waals surface area contributed by atoms with Gasteiger partial charge in [0.1, 0.15) is 5.78 Å². The van der Waals surface area contributed by atoms with Gasteiger partial charge < -0.3 is 9.67 Å². The van der Waals surface area contributed by atoms with E-state index in [-0.39, 0.29) is 18.1 Å². The molecule has 1 aliphatic carbocycles. The molecule has 4 heteroatoms. The van der Waals surface area contributed by atoms with Crippen molar-refractivity contribution in [1.82, 2.24) is 9.55 Å². The topological polar surface area (TPSA) is 55.1 Å². The van der Waals surface area contributed by atoms with E-state index >= 15 is 0 Å². The van der Waals surface area contributed by atoms with E-state index in [9.17, 15) is 9.90 Å². The van der Waals surface area contributed by atoms with Crippen LogP contribution in [0.15, 0.2) is 30.7 Å². The van der Waals surface area contributed by atoms with Crippen LogP contribution in [0.2, 0.25) is 0 Å². The van der Waals surface area contributed by atoms with Crippen LogP contribution in [0, 0.1) is 12.8 Å². The van der Waals surface area contributed by atoms with Gasteiger partial charge in [-0.3, -0.25) is 4.79 Å². The smallest absolute Gasteiger partial charge is 0.132 e. The Morgan fingerprint density at radius 3 is 2.91 bits per heavy atom. The number of Topliss-reactive ketones (excluding diaryl/α,β-unsaturated/α-hetero) is 1. The van der Waals surface area contributed by atoms with Gasteiger partial charge in [0.25, 0.3) is 0 Å². The molecule has 0 bridgehead atoms. The van der Waals surface area contributed by atoms with Crippen molar-refractivity contribution in [2.45, 2.75) is 51.2 Å². The fraction of sp³-hybridized carbons (Fsp3) is 0.474. The molecule has 4 rings (SSSR count). The minimum atomic E-state index is -0.367. The maximum absolute atomic E-state index is 11.4. The molecule has 120 valence electrons. The molecule has 2 heterocycles. The van der Waals surface area contributed by atoms with E-state index in [0.717, 1.165) is 18.5 Å². The molecular formula is C19H22N2O2. The number of imidazole rings is 1. The highest BCUT2D eigenvalue weighted by Gasteiger charge is 2.34. The third kappa shape index (κ3) is 2.41. The molecule has 0 amide bonds. The molecule has 2 aliphatic rings. The van der Waals surface area contributed by atoms with Gasteiger partial charge >= 0.3 is 0 Å². The summed E-state index contributed by atoms with van der Waals surface area (Å²) in [5, 5.41) is 10.8. The van der Waals surface area contributed by atoms with Gasteiger partial charge in [-0.05, 0) is 43.2 Å². The number of benzene rings is 1. The zero-order valence-electron chi connectivity index (χ0n) is 13.4. The highest BCUT2D eigenvalue weighted by molar-refractivity contribution is 5.79. The van der Waals surface area contributed by atoms with Crippen LogP contribution in [0.25, 0.3) is 11.3 Å². The number of carbonyl (C=O) groups is 1. The molecule has 0 saturated heterocycles. The molecule has 23 heavy (non-hydrogen) atoms. The van der Waals surface area contributed by atoms with E-state index in [1.54, 1.807) is 0 Å². The largest absolute Gasteiger partial charge is 0.393 e. The lowest BCUT2D eigenvalue weighted by atomic mass is 9.81. The highest BCUT2D eigenvalue weighted by atomic mass is 16.3. The highest BCUT2D eigenvalue weighted by Crippen LogP contribution is 2.44. The summed E-state index contributed by atoms with van der Waals surface area (Å²) in [5.41, 5.74) is 4.95. The summed E-state index contributed by atoms with van der Waals surface area (Å²) in [6.07, 6.45) is 7.00. The first-order valence-corrected chi connectivity index (χ1v) is 8.46. The minimum Gasteiger partial charge on any atom is -0.393 e. The van der Waals surface area contributed by atoms with Crippen LogP contribution < -0.4 is 0 Å². The van der Waals surface area contributed by atoms with Gasteiger partial charge in [0.15, 0.2) is 0 Å². The number of fused-ring (bicyclic) bond motifs is 3. The van der Waals surface area contributed by atoms with Crippen molar-refractivity contribution in [2.75, 3.05) is 0 Å². The van der Waals surface area contributed by atoms with E-state index in [1.165, 1.54) is 16.7 Å². The number of nitrogens with zero attached hydrogens (tertiary/aromatic N) is 2. The SMILES string of the molecule is Cc1cccc2c1C(CC(O)C1CCC(=O)CC1)n1cncc1-2. The Morgan fingerprint density at radius 2 is 2.13 bits per heavy atom. The summed E-state index contributed by atoms with van der Waals surface area (Å²) >= 11 is 0. The summed E-state index contributed by atoms with van der Waals surface area (Å²) in [7, 11) is 0. The molecule has 1 saturated carbocycles. The van der Waals surface area contributed by atoms with Gasteiger partial charge in [-0.15, -0.1) is 0 Å². The molecule has 1 N–H and O–H groups in total. The summed E-state index contributed by atoms with van der Waals surface area (Å²) < 4.78 is 2.19. The molecule has 0 spiro atoms. The summed E-state index contributed by atoms with van der Waals surface area (Å²) in [6.45, 7) is 2.14. The first-order chi connectivity index (χ1) is 11.1. The van der Waals surface area contributed by atoms with Gasteiger partial charge in [-0.1, -0.05) is 18.2 Å². The Hall–Kier alpha value is -1.94. The van der Waals surface area contributed by atoms with Crippen molar-refractivity contribution in [3.05, 3.63) is 41.9 Å². The second kappa shape index (κ2) is 5.60. The lowest BCUT2D eigenvalue weighted by molar-refractivity contribution is -0.121. The van der Waals surface area contributed by atoms with E-state index in [1.807, 2.05) is 12.5 Å². The Kier molecular flexibility index (Phi) is 3.57. The molecular weight excluding hydrogens is 288 g/mol. The van der Waals surface area contributed by atoms with Crippen LogP contribution in [0.4, 0.5) is 0 Å². The molecule has 1 aliphatic heterocycles. The van der Waals surface area contributed by atoms with E-state index in [2.05, 4.69) is 34.7 Å². The number of hydrogen-bond donors (Lipinski definition) is 1. The Bertz CT molecular complexity index is 740. The average molecular weight is 310 g/mol. The number of ketones is 1. The van der Waals surface area contributed by atoms with Gasteiger partial charge in [-0.25, -0.2) is 4.98 Å².